The predicted octanol–water partition coefficient (Wildman–Crippen LogP) is 2.80. The van der Waals surface area contributed by atoms with Gasteiger partial charge >= 0.3 is 0 Å². The number of rotatable bonds is 1. The molecule has 0 spiro atoms. The Morgan fingerprint density at radius 1 is 1.20 bits per heavy atom. The van der Waals surface area contributed by atoms with Gasteiger partial charge in [-0.1, -0.05) is 42.5 Å². The summed E-state index contributed by atoms with van der Waals surface area (Å²) in [4.78, 5) is 0. The molecule has 10 heavy (non-hydrogen) atoms. The van der Waals surface area contributed by atoms with Crippen molar-refractivity contribution in [3.8, 4) is 0 Å². The summed E-state index contributed by atoms with van der Waals surface area (Å²) in [6.07, 6.45) is 0. The van der Waals surface area contributed by atoms with Crippen LogP contribution in [0.5, 0.6) is 0 Å². The molecule has 0 saturated carbocycles. The number of hydrogen-bond acceptors (Lipinski definition) is 2. The molecule has 0 aliphatic carbocycles. The molecule has 1 aliphatic heterocycles. The van der Waals surface area contributed by atoms with E-state index in [0.717, 1.165) is 4.20 Å². The van der Waals surface area contributed by atoms with E-state index in [4.69, 9.17) is 12.2 Å². The highest BCUT2D eigenvalue weighted by Crippen LogP contribution is 2.49. The Hall–Kier alpha value is -0.340. The van der Waals surface area contributed by atoms with Crippen LogP contribution in [0.1, 0.15) is 10.8 Å². The smallest absolute Gasteiger partial charge is 0.0762 e. The first-order chi connectivity index (χ1) is 4.88. The van der Waals surface area contributed by atoms with Gasteiger partial charge in [0.25, 0.3) is 0 Å². The molecule has 1 saturated heterocycles. The van der Waals surface area contributed by atoms with Crippen molar-refractivity contribution in [1.82, 2.24) is 0 Å². The summed E-state index contributed by atoms with van der Waals surface area (Å²) in [6, 6.07) is 10.4. The van der Waals surface area contributed by atoms with Gasteiger partial charge < -0.3 is 0 Å². The highest BCUT2D eigenvalue weighted by atomic mass is 32.2. The van der Waals surface area contributed by atoms with Gasteiger partial charge in [0.2, 0.25) is 0 Å². The lowest BCUT2D eigenvalue weighted by molar-refractivity contribution is 1.38. The summed E-state index contributed by atoms with van der Waals surface area (Å²) >= 11 is 6.79. The van der Waals surface area contributed by atoms with Gasteiger partial charge in [-0.05, 0) is 5.56 Å². The third-order valence-corrected chi connectivity index (χ3v) is 3.12. The monoisotopic (exact) mass is 166 g/mol. The molecule has 1 heterocycles. The van der Waals surface area contributed by atoms with E-state index in [1.807, 2.05) is 6.07 Å². The first-order valence-corrected chi connectivity index (χ1v) is 4.42. The van der Waals surface area contributed by atoms with Gasteiger partial charge in [0.1, 0.15) is 0 Å². The zero-order valence-electron chi connectivity index (χ0n) is 5.28. The van der Waals surface area contributed by atoms with Gasteiger partial charge in [-0.2, -0.15) is 0 Å². The Morgan fingerprint density at radius 2 is 1.80 bits per heavy atom. The minimum atomic E-state index is 0.524. The molecule has 0 aromatic heterocycles. The normalized spacial score (nSPS) is 22.8. The minimum absolute atomic E-state index is 0.524. The predicted molar refractivity (Wildman–Crippen MR) is 49.4 cm³/mol. The van der Waals surface area contributed by atoms with Crippen molar-refractivity contribution in [3.05, 3.63) is 35.9 Å². The Labute approximate surface area is 69.6 Å². The van der Waals surface area contributed by atoms with E-state index in [1.54, 1.807) is 11.8 Å². The van der Waals surface area contributed by atoms with E-state index < -0.39 is 0 Å². The fraction of sp³-hybridized carbons (Fsp3) is 0.125. The zero-order valence-corrected chi connectivity index (χ0v) is 6.91. The average molecular weight is 166 g/mol. The van der Waals surface area contributed by atoms with Crippen molar-refractivity contribution >= 4 is 28.2 Å². The zero-order chi connectivity index (χ0) is 6.97. The first kappa shape index (κ1) is 6.38. The van der Waals surface area contributed by atoms with Crippen LogP contribution in [0.3, 0.4) is 0 Å². The maximum Gasteiger partial charge on any atom is 0.0762 e. The van der Waals surface area contributed by atoms with E-state index in [-0.39, 0.29) is 0 Å². The number of benzene rings is 1. The molecule has 1 unspecified atom stereocenters. The Morgan fingerprint density at radius 3 is 2.30 bits per heavy atom. The topological polar surface area (TPSA) is 0 Å². The van der Waals surface area contributed by atoms with Gasteiger partial charge in [-0.3, -0.25) is 0 Å². The van der Waals surface area contributed by atoms with Gasteiger partial charge in [0, 0.05) is 0 Å². The Kier molecular flexibility index (Phi) is 1.51. The van der Waals surface area contributed by atoms with E-state index >= 15 is 0 Å². The number of thiocarbonyl (C=S) groups is 1. The van der Waals surface area contributed by atoms with Crippen LogP contribution < -0.4 is 0 Å². The van der Waals surface area contributed by atoms with E-state index in [2.05, 4.69) is 24.3 Å². The van der Waals surface area contributed by atoms with Crippen LogP contribution in [0.25, 0.3) is 0 Å². The molecule has 50 valence electrons. The second-order valence-corrected chi connectivity index (χ2v) is 4.07. The molecule has 2 heteroatoms. The van der Waals surface area contributed by atoms with Crippen molar-refractivity contribution in [1.29, 1.82) is 0 Å². The maximum atomic E-state index is 5.01. The summed E-state index contributed by atoms with van der Waals surface area (Å²) in [5, 5.41) is 0.524. The highest BCUT2D eigenvalue weighted by Gasteiger charge is 2.32. The molecule has 0 bridgehead atoms. The summed E-state index contributed by atoms with van der Waals surface area (Å²) < 4.78 is 1.13. The van der Waals surface area contributed by atoms with Crippen LogP contribution >= 0.6 is 24.0 Å². The van der Waals surface area contributed by atoms with Crippen LogP contribution in [-0.2, 0) is 0 Å². The SMILES string of the molecule is S=C1SC1c1ccccc1. The summed E-state index contributed by atoms with van der Waals surface area (Å²) in [7, 11) is 0. The van der Waals surface area contributed by atoms with Gasteiger partial charge in [0.15, 0.2) is 0 Å². The Bertz CT molecular complexity index is 253. The second kappa shape index (κ2) is 2.36. The average Bonchev–Trinajstić information content (AvgIpc) is 2.69. The third-order valence-electron chi connectivity index (χ3n) is 1.49. The lowest BCUT2D eigenvalue weighted by atomic mass is 10.2. The third kappa shape index (κ3) is 1.09. The first-order valence-electron chi connectivity index (χ1n) is 3.13. The molecular formula is C8H6S2. The largest absolute Gasteiger partial charge is 0.103 e. The van der Waals surface area contributed by atoms with Crippen LogP contribution in [0.2, 0.25) is 0 Å². The fourth-order valence-corrected chi connectivity index (χ4v) is 1.93. The molecule has 0 amide bonds. The molecule has 1 aromatic carbocycles. The summed E-state index contributed by atoms with van der Waals surface area (Å²) in [6.45, 7) is 0. The number of hydrogen-bond donors (Lipinski definition) is 0. The molecule has 1 aromatic rings. The minimum Gasteiger partial charge on any atom is -0.103 e. The Balaban J connectivity index is 2.28. The molecule has 0 N–H and O–H groups in total. The van der Waals surface area contributed by atoms with E-state index in [0.29, 0.717) is 5.25 Å². The molecule has 1 aliphatic rings. The maximum absolute atomic E-state index is 5.01. The van der Waals surface area contributed by atoms with E-state index in [9.17, 15) is 0 Å². The lowest BCUT2D eigenvalue weighted by Crippen LogP contribution is -1.76. The van der Waals surface area contributed by atoms with Crippen molar-refractivity contribution in [2.45, 2.75) is 5.25 Å². The number of thioether (sulfide) groups is 1. The molecule has 2 rings (SSSR count). The van der Waals surface area contributed by atoms with Gasteiger partial charge in [-0.25, -0.2) is 0 Å². The highest BCUT2D eigenvalue weighted by molar-refractivity contribution is 8.34. The summed E-state index contributed by atoms with van der Waals surface area (Å²) in [5.41, 5.74) is 1.34. The molecule has 0 nitrogen and oxygen atoms in total. The van der Waals surface area contributed by atoms with Gasteiger partial charge in [-0.15, -0.1) is 11.8 Å². The molecule has 1 fully saturated rings. The molecule has 0 radical (unpaired) electrons. The van der Waals surface area contributed by atoms with Crippen LogP contribution in [0.4, 0.5) is 0 Å². The van der Waals surface area contributed by atoms with Crippen molar-refractivity contribution < 1.29 is 0 Å². The van der Waals surface area contributed by atoms with Gasteiger partial charge in [0.05, 0.1) is 9.45 Å². The van der Waals surface area contributed by atoms with Crippen LogP contribution in [0.15, 0.2) is 30.3 Å². The van der Waals surface area contributed by atoms with Crippen molar-refractivity contribution in [2.24, 2.45) is 0 Å². The van der Waals surface area contributed by atoms with Crippen molar-refractivity contribution in [2.75, 3.05) is 0 Å². The molecular weight excluding hydrogens is 160 g/mol. The summed E-state index contributed by atoms with van der Waals surface area (Å²) in [5.74, 6) is 0. The second-order valence-electron chi connectivity index (χ2n) is 2.23. The fourth-order valence-electron chi connectivity index (χ4n) is 0.914. The lowest BCUT2D eigenvalue weighted by Gasteiger charge is -1.90. The van der Waals surface area contributed by atoms with Crippen LogP contribution in [-0.4, -0.2) is 4.20 Å². The quantitative estimate of drug-likeness (QED) is 0.465. The van der Waals surface area contributed by atoms with E-state index in [1.165, 1.54) is 5.56 Å². The van der Waals surface area contributed by atoms with Crippen LogP contribution in [0, 0.1) is 0 Å². The standard InChI is InChI=1S/C8H6S2/c9-8-7(10-8)6-4-2-1-3-5-6/h1-5,7H. The van der Waals surface area contributed by atoms with Crippen molar-refractivity contribution in [3.63, 3.8) is 0 Å². The molecule has 1 atom stereocenters.